The van der Waals surface area contributed by atoms with Crippen molar-refractivity contribution in [1.29, 1.82) is 0 Å². The average Bonchev–Trinajstić information content (AvgIpc) is 3.33. The van der Waals surface area contributed by atoms with Crippen molar-refractivity contribution >= 4 is 5.97 Å². The lowest BCUT2D eigenvalue weighted by Gasteiger charge is -2.08. The van der Waals surface area contributed by atoms with Gasteiger partial charge in [-0.3, -0.25) is 0 Å². The first kappa shape index (κ1) is 16.8. The zero-order valence-corrected chi connectivity index (χ0v) is 14.6. The number of para-hydroxylation sites is 1. The number of nitrogens with zero attached hydrogens (tertiary/aromatic N) is 4. The molecule has 0 aliphatic rings. The van der Waals surface area contributed by atoms with E-state index in [4.69, 9.17) is 5.11 Å². The average molecular weight is 358 g/mol. The highest BCUT2D eigenvalue weighted by Gasteiger charge is 2.09. The van der Waals surface area contributed by atoms with Gasteiger partial charge in [0.15, 0.2) is 0 Å². The summed E-state index contributed by atoms with van der Waals surface area (Å²) in [6, 6.07) is 16.9. The molecule has 0 aliphatic heterocycles. The molecule has 0 aliphatic carbocycles. The Labute approximate surface area is 156 Å². The molecule has 4 rings (SSSR count). The molecule has 0 unspecified atom stereocenters. The quantitative estimate of drug-likeness (QED) is 0.573. The summed E-state index contributed by atoms with van der Waals surface area (Å²) in [6.07, 6.45) is 8.16. The molecule has 6 heteroatoms. The Morgan fingerprint density at radius 2 is 1.89 bits per heavy atom. The first-order chi connectivity index (χ1) is 13.2. The van der Waals surface area contributed by atoms with E-state index in [9.17, 15) is 4.79 Å². The van der Waals surface area contributed by atoms with Gasteiger partial charge >= 0.3 is 5.97 Å². The van der Waals surface area contributed by atoms with Gasteiger partial charge in [-0.2, -0.15) is 5.10 Å². The minimum Gasteiger partial charge on any atom is -0.478 e. The van der Waals surface area contributed by atoms with E-state index in [-0.39, 0.29) is 0 Å². The molecule has 27 heavy (non-hydrogen) atoms. The second-order valence-corrected chi connectivity index (χ2v) is 6.28. The number of rotatable bonds is 6. The molecule has 2 aromatic carbocycles. The Hall–Kier alpha value is -3.67. The molecule has 2 aromatic heterocycles. The molecular formula is C21H18N4O2. The second kappa shape index (κ2) is 7.29. The van der Waals surface area contributed by atoms with E-state index in [1.807, 2.05) is 64.2 Å². The van der Waals surface area contributed by atoms with Gasteiger partial charge in [-0.1, -0.05) is 30.3 Å². The van der Waals surface area contributed by atoms with E-state index in [1.165, 1.54) is 0 Å². The first-order valence-electron chi connectivity index (χ1n) is 8.60. The van der Waals surface area contributed by atoms with Crippen LogP contribution in [0.3, 0.4) is 0 Å². The van der Waals surface area contributed by atoms with E-state index < -0.39 is 5.97 Å². The summed E-state index contributed by atoms with van der Waals surface area (Å²) >= 11 is 0. The third-order valence-electron chi connectivity index (χ3n) is 4.35. The molecule has 0 radical (unpaired) electrons. The standard InChI is InChI=1S/C21H18N4O2/c26-21(27)18-6-4-5-16(11-18)14-24-10-9-22-20(24)12-17-13-23-25(15-17)19-7-2-1-3-8-19/h1-11,13,15H,12,14H2,(H,26,27). The van der Waals surface area contributed by atoms with E-state index in [2.05, 4.69) is 10.1 Å². The van der Waals surface area contributed by atoms with Crippen LogP contribution in [0.4, 0.5) is 0 Å². The Kier molecular flexibility index (Phi) is 4.53. The molecule has 0 saturated carbocycles. The lowest BCUT2D eigenvalue weighted by Crippen LogP contribution is -2.06. The number of benzene rings is 2. The fourth-order valence-corrected chi connectivity index (χ4v) is 3.01. The van der Waals surface area contributed by atoms with Crippen LogP contribution in [0.5, 0.6) is 0 Å². The molecule has 0 saturated heterocycles. The molecule has 0 bridgehead atoms. The van der Waals surface area contributed by atoms with E-state index in [0.717, 1.165) is 22.6 Å². The maximum absolute atomic E-state index is 11.2. The zero-order valence-electron chi connectivity index (χ0n) is 14.6. The minimum absolute atomic E-state index is 0.290. The van der Waals surface area contributed by atoms with E-state index in [1.54, 1.807) is 24.4 Å². The third-order valence-corrected chi connectivity index (χ3v) is 4.35. The summed E-state index contributed by atoms with van der Waals surface area (Å²) in [4.78, 5) is 15.6. The van der Waals surface area contributed by atoms with E-state index in [0.29, 0.717) is 18.5 Å². The fourth-order valence-electron chi connectivity index (χ4n) is 3.01. The summed E-state index contributed by atoms with van der Waals surface area (Å²) in [5, 5.41) is 13.6. The number of carboxylic acids is 1. The second-order valence-electron chi connectivity index (χ2n) is 6.28. The molecule has 4 aromatic rings. The normalized spacial score (nSPS) is 10.8. The molecule has 0 atom stereocenters. The third kappa shape index (κ3) is 3.79. The lowest BCUT2D eigenvalue weighted by atomic mass is 10.1. The molecule has 0 spiro atoms. The number of carboxylic acid groups (broad SMARTS) is 1. The van der Waals surface area contributed by atoms with Crippen LogP contribution in [0.15, 0.2) is 79.4 Å². The van der Waals surface area contributed by atoms with Crippen molar-refractivity contribution in [2.45, 2.75) is 13.0 Å². The molecule has 0 amide bonds. The van der Waals surface area contributed by atoms with Crippen molar-refractivity contribution in [2.24, 2.45) is 0 Å². The van der Waals surface area contributed by atoms with Crippen LogP contribution in [0, 0.1) is 0 Å². The van der Waals surface area contributed by atoms with Crippen LogP contribution in [0.25, 0.3) is 5.69 Å². The summed E-state index contributed by atoms with van der Waals surface area (Å²) in [5.74, 6) is -0.0145. The molecular weight excluding hydrogens is 340 g/mol. The minimum atomic E-state index is -0.920. The Bertz CT molecular complexity index is 1070. The van der Waals surface area contributed by atoms with Crippen LogP contribution >= 0.6 is 0 Å². The predicted molar refractivity (Wildman–Crippen MR) is 101 cm³/mol. The van der Waals surface area contributed by atoms with Crippen LogP contribution in [0.1, 0.15) is 27.3 Å². The van der Waals surface area contributed by atoms with Crippen molar-refractivity contribution < 1.29 is 9.90 Å². The molecule has 134 valence electrons. The summed E-state index contributed by atoms with van der Waals surface area (Å²) in [5.41, 5.74) is 3.29. The van der Waals surface area contributed by atoms with Crippen LogP contribution in [-0.4, -0.2) is 30.4 Å². The van der Waals surface area contributed by atoms with Gasteiger partial charge in [-0.05, 0) is 35.4 Å². The summed E-state index contributed by atoms with van der Waals surface area (Å²) in [6.45, 7) is 0.573. The molecule has 2 heterocycles. The lowest BCUT2D eigenvalue weighted by molar-refractivity contribution is 0.0696. The zero-order chi connectivity index (χ0) is 18.6. The Morgan fingerprint density at radius 1 is 1.04 bits per heavy atom. The highest BCUT2D eigenvalue weighted by Crippen LogP contribution is 2.14. The molecule has 0 fully saturated rings. The maximum Gasteiger partial charge on any atom is 0.335 e. The smallest absolute Gasteiger partial charge is 0.335 e. The van der Waals surface area contributed by atoms with Gasteiger partial charge in [0.05, 0.1) is 17.4 Å². The number of aromatic nitrogens is 4. The maximum atomic E-state index is 11.2. The Morgan fingerprint density at radius 3 is 2.70 bits per heavy atom. The van der Waals surface area contributed by atoms with Gasteiger partial charge < -0.3 is 9.67 Å². The number of hydrogen-bond acceptors (Lipinski definition) is 3. The van der Waals surface area contributed by atoms with Gasteiger partial charge in [0.2, 0.25) is 0 Å². The van der Waals surface area contributed by atoms with Gasteiger partial charge in [0.25, 0.3) is 0 Å². The van der Waals surface area contributed by atoms with Gasteiger partial charge in [-0.15, -0.1) is 0 Å². The SMILES string of the molecule is O=C(O)c1cccc(Cn2ccnc2Cc2cnn(-c3ccccc3)c2)c1. The van der Waals surface area contributed by atoms with Gasteiger partial charge in [-0.25, -0.2) is 14.5 Å². The van der Waals surface area contributed by atoms with Crippen molar-refractivity contribution in [2.75, 3.05) is 0 Å². The number of aromatic carboxylic acids is 1. The Balaban J connectivity index is 1.52. The summed E-state index contributed by atoms with van der Waals surface area (Å²) < 4.78 is 3.87. The monoisotopic (exact) mass is 358 g/mol. The van der Waals surface area contributed by atoms with Crippen molar-refractivity contribution in [3.8, 4) is 5.69 Å². The van der Waals surface area contributed by atoms with Crippen molar-refractivity contribution in [3.63, 3.8) is 0 Å². The topological polar surface area (TPSA) is 72.9 Å². The fraction of sp³-hybridized carbons (Fsp3) is 0.0952. The van der Waals surface area contributed by atoms with Crippen molar-refractivity contribution in [3.05, 3.63) is 102 Å². The van der Waals surface area contributed by atoms with Crippen LogP contribution in [-0.2, 0) is 13.0 Å². The van der Waals surface area contributed by atoms with Gasteiger partial charge in [0.1, 0.15) is 5.82 Å². The molecule has 1 N–H and O–H groups in total. The predicted octanol–water partition coefficient (Wildman–Crippen LogP) is 3.41. The van der Waals surface area contributed by atoms with Crippen LogP contribution in [0.2, 0.25) is 0 Å². The largest absolute Gasteiger partial charge is 0.478 e. The number of carbonyl (C=O) groups is 1. The number of imidazole rings is 1. The first-order valence-corrected chi connectivity index (χ1v) is 8.60. The number of hydrogen-bond donors (Lipinski definition) is 1. The van der Waals surface area contributed by atoms with Crippen molar-refractivity contribution in [1.82, 2.24) is 19.3 Å². The van der Waals surface area contributed by atoms with E-state index >= 15 is 0 Å². The van der Waals surface area contributed by atoms with Crippen LogP contribution < -0.4 is 0 Å². The highest BCUT2D eigenvalue weighted by atomic mass is 16.4. The molecule has 6 nitrogen and oxygen atoms in total. The highest BCUT2D eigenvalue weighted by molar-refractivity contribution is 5.87. The summed E-state index contributed by atoms with van der Waals surface area (Å²) in [7, 11) is 0. The van der Waals surface area contributed by atoms with Gasteiger partial charge in [0, 0.05) is 31.6 Å².